The van der Waals surface area contributed by atoms with Crippen molar-refractivity contribution < 1.29 is 27.9 Å². The van der Waals surface area contributed by atoms with Crippen molar-refractivity contribution in [1.82, 2.24) is 4.90 Å². The molecule has 2 aliphatic rings. The van der Waals surface area contributed by atoms with Crippen LogP contribution in [0, 0.1) is 11.8 Å². The number of carboxylic acids is 1. The Hall–Kier alpha value is -1.27. The van der Waals surface area contributed by atoms with Gasteiger partial charge in [0.15, 0.2) is 0 Å². The number of rotatable bonds is 2. The van der Waals surface area contributed by atoms with E-state index in [1.165, 1.54) is 0 Å². The smallest absolute Gasteiger partial charge is 0.394 e. The van der Waals surface area contributed by atoms with Crippen LogP contribution in [0.2, 0.25) is 0 Å². The van der Waals surface area contributed by atoms with E-state index in [1.807, 2.05) is 0 Å². The molecule has 1 saturated carbocycles. The van der Waals surface area contributed by atoms with Crippen LogP contribution in [0.25, 0.3) is 0 Å². The van der Waals surface area contributed by atoms with Gasteiger partial charge in [-0.3, -0.25) is 4.79 Å². The van der Waals surface area contributed by atoms with Crippen LogP contribution >= 0.6 is 0 Å². The van der Waals surface area contributed by atoms with E-state index in [0.717, 1.165) is 4.90 Å². The molecule has 0 aromatic heterocycles. The Labute approximate surface area is 102 Å². The molecule has 1 amide bonds. The molecule has 0 radical (unpaired) electrons. The number of hydrogen-bond acceptors (Lipinski definition) is 2. The second-order valence-electron chi connectivity index (χ2n) is 4.88. The number of aliphatic carboxylic acids is 1. The van der Waals surface area contributed by atoms with Gasteiger partial charge in [-0.1, -0.05) is 0 Å². The van der Waals surface area contributed by atoms with E-state index in [9.17, 15) is 22.8 Å². The number of amides is 1. The molecular formula is C11H14F3NO3. The highest BCUT2D eigenvalue weighted by atomic mass is 19.4. The maximum Gasteiger partial charge on any atom is 0.394 e. The van der Waals surface area contributed by atoms with Gasteiger partial charge in [-0.2, -0.15) is 13.2 Å². The van der Waals surface area contributed by atoms with Gasteiger partial charge in [0.25, 0.3) is 0 Å². The van der Waals surface area contributed by atoms with Gasteiger partial charge < -0.3 is 10.0 Å². The summed E-state index contributed by atoms with van der Waals surface area (Å²) in [5, 5.41) is 9.00. The van der Waals surface area contributed by atoms with Crippen LogP contribution in [0.4, 0.5) is 13.2 Å². The van der Waals surface area contributed by atoms with E-state index < -0.39 is 30.0 Å². The second-order valence-corrected chi connectivity index (χ2v) is 4.88. The maximum atomic E-state index is 12.8. The van der Waals surface area contributed by atoms with Crippen LogP contribution in [0.3, 0.4) is 0 Å². The number of nitrogens with zero attached hydrogens (tertiary/aromatic N) is 1. The largest absolute Gasteiger partial charge is 0.480 e. The fourth-order valence-electron chi connectivity index (χ4n) is 2.46. The fraction of sp³-hybridized carbons (Fsp3) is 0.818. The van der Waals surface area contributed by atoms with E-state index >= 15 is 0 Å². The molecule has 2 atom stereocenters. The number of piperidine rings is 1. The third-order valence-corrected chi connectivity index (χ3v) is 3.51. The minimum absolute atomic E-state index is 0.110. The molecule has 0 unspecified atom stereocenters. The van der Waals surface area contributed by atoms with Gasteiger partial charge in [0.2, 0.25) is 5.91 Å². The molecule has 2 fully saturated rings. The third-order valence-electron chi connectivity index (χ3n) is 3.51. The van der Waals surface area contributed by atoms with Crippen LogP contribution < -0.4 is 0 Å². The highest BCUT2D eigenvalue weighted by Gasteiger charge is 2.53. The van der Waals surface area contributed by atoms with Crippen LogP contribution in [-0.2, 0) is 9.59 Å². The van der Waals surface area contributed by atoms with Crippen LogP contribution in [0.5, 0.6) is 0 Å². The molecule has 4 nitrogen and oxygen atoms in total. The predicted molar refractivity (Wildman–Crippen MR) is 54.6 cm³/mol. The van der Waals surface area contributed by atoms with Crippen LogP contribution in [0.15, 0.2) is 0 Å². The van der Waals surface area contributed by atoms with Crippen molar-refractivity contribution in [3.8, 4) is 0 Å². The number of halogens is 3. The molecule has 2 rings (SSSR count). The minimum Gasteiger partial charge on any atom is -0.480 e. The summed E-state index contributed by atoms with van der Waals surface area (Å²) in [6.45, 7) is 0.110. The van der Waals surface area contributed by atoms with Gasteiger partial charge in [-0.25, -0.2) is 4.79 Å². The molecule has 1 saturated heterocycles. The molecule has 1 N–H and O–H groups in total. The molecule has 1 heterocycles. The first-order valence-electron chi connectivity index (χ1n) is 5.92. The lowest BCUT2D eigenvalue weighted by atomic mass is 9.88. The minimum atomic E-state index is -4.58. The molecule has 7 heteroatoms. The monoisotopic (exact) mass is 265 g/mol. The molecule has 0 bridgehead atoms. The van der Waals surface area contributed by atoms with Crippen molar-refractivity contribution in [1.29, 1.82) is 0 Å². The van der Waals surface area contributed by atoms with Gasteiger partial charge >= 0.3 is 12.1 Å². The molecule has 0 aromatic rings. The summed E-state index contributed by atoms with van der Waals surface area (Å²) in [6, 6.07) is -1.76. The first-order valence-corrected chi connectivity index (χ1v) is 5.92. The predicted octanol–water partition coefficient (Wildman–Crippen LogP) is 1.65. The first kappa shape index (κ1) is 13.2. The molecule has 1 aliphatic heterocycles. The van der Waals surface area contributed by atoms with Crippen molar-refractivity contribution in [3.05, 3.63) is 0 Å². The Morgan fingerprint density at radius 1 is 1.17 bits per heavy atom. The Bertz CT molecular complexity index is 365. The standard InChI is InChI=1S/C11H14F3NO3/c12-11(13,14)7-2-1-5-15(8(7)10(17)18)9(16)6-3-4-6/h6-8H,1-5H2,(H,17,18)/t7-,8+/m1/s1. The number of likely N-dealkylation sites (tertiary alicyclic amines) is 1. The van der Waals surface area contributed by atoms with Gasteiger partial charge in [0.1, 0.15) is 6.04 Å². The zero-order valence-corrected chi connectivity index (χ0v) is 9.61. The molecular weight excluding hydrogens is 251 g/mol. The summed E-state index contributed by atoms with van der Waals surface area (Å²) in [6.07, 6.45) is -3.30. The van der Waals surface area contributed by atoms with Crippen molar-refractivity contribution >= 4 is 11.9 Å². The number of alkyl halides is 3. The van der Waals surface area contributed by atoms with E-state index in [0.29, 0.717) is 12.8 Å². The molecule has 102 valence electrons. The molecule has 1 aliphatic carbocycles. The highest BCUT2D eigenvalue weighted by molar-refractivity contribution is 5.86. The van der Waals surface area contributed by atoms with Crippen LogP contribution in [-0.4, -0.2) is 40.6 Å². The average Bonchev–Trinajstić information content (AvgIpc) is 3.09. The van der Waals surface area contributed by atoms with Crippen molar-refractivity contribution in [2.24, 2.45) is 11.8 Å². The maximum absolute atomic E-state index is 12.8. The molecule has 0 spiro atoms. The summed E-state index contributed by atoms with van der Waals surface area (Å²) in [5.74, 6) is -4.22. The molecule has 18 heavy (non-hydrogen) atoms. The highest BCUT2D eigenvalue weighted by Crippen LogP contribution is 2.40. The summed E-state index contributed by atoms with van der Waals surface area (Å²) in [5.41, 5.74) is 0. The Balaban J connectivity index is 2.22. The summed E-state index contributed by atoms with van der Waals surface area (Å²) in [4.78, 5) is 23.8. The topological polar surface area (TPSA) is 57.6 Å². The number of carboxylic acid groups (broad SMARTS) is 1. The third kappa shape index (κ3) is 2.44. The van der Waals surface area contributed by atoms with Crippen molar-refractivity contribution in [2.45, 2.75) is 37.9 Å². The zero-order chi connectivity index (χ0) is 13.5. The number of carbonyl (C=O) groups is 2. The van der Waals surface area contributed by atoms with Gasteiger partial charge in [-0.05, 0) is 25.7 Å². The normalized spacial score (nSPS) is 29.2. The lowest BCUT2D eigenvalue weighted by molar-refractivity contribution is -0.208. The number of carbonyl (C=O) groups excluding carboxylic acids is 1. The lowest BCUT2D eigenvalue weighted by Crippen LogP contribution is -2.56. The van der Waals surface area contributed by atoms with E-state index in [1.54, 1.807) is 0 Å². The Morgan fingerprint density at radius 3 is 2.22 bits per heavy atom. The Morgan fingerprint density at radius 2 is 1.78 bits per heavy atom. The average molecular weight is 265 g/mol. The van der Waals surface area contributed by atoms with E-state index in [4.69, 9.17) is 5.11 Å². The Kier molecular flexibility index (Phi) is 3.25. The van der Waals surface area contributed by atoms with E-state index in [-0.39, 0.29) is 25.3 Å². The van der Waals surface area contributed by atoms with Crippen molar-refractivity contribution in [2.75, 3.05) is 6.54 Å². The summed E-state index contributed by atoms with van der Waals surface area (Å²) in [7, 11) is 0. The van der Waals surface area contributed by atoms with Crippen LogP contribution in [0.1, 0.15) is 25.7 Å². The van der Waals surface area contributed by atoms with Gasteiger partial charge in [0.05, 0.1) is 5.92 Å². The quantitative estimate of drug-likeness (QED) is 0.826. The zero-order valence-electron chi connectivity index (χ0n) is 9.61. The summed E-state index contributed by atoms with van der Waals surface area (Å²) >= 11 is 0. The molecule has 0 aromatic carbocycles. The van der Waals surface area contributed by atoms with Gasteiger partial charge in [0, 0.05) is 12.5 Å². The number of hydrogen-bond donors (Lipinski definition) is 1. The SMILES string of the molecule is O=C(O)[C@@H]1[C@H](C(F)(F)F)CCCN1C(=O)C1CC1. The lowest BCUT2D eigenvalue weighted by Gasteiger charge is -2.39. The first-order chi connectivity index (χ1) is 8.32. The second kappa shape index (κ2) is 4.44. The van der Waals surface area contributed by atoms with Crippen molar-refractivity contribution in [3.63, 3.8) is 0 Å². The summed E-state index contributed by atoms with van der Waals surface area (Å²) < 4.78 is 38.4. The van der Waals surface area contributed by atoms with E-state index in [2.05, 4.69) is 0 Å². The fourth-order valence-corrected chi connectivity index (χ4v) is 2.46. The van der Waals surface area contributed by atoms with Gasteiger partial charge in [-0.15, -0.1) is 0 Å².